The van der Waals surface area contributed by atoms with Gasteiger partial charge in [-0.2, -0.15) is 8.42 Å². The third kappa shape index (κ3) is 5.62. The lowest BCUT2D eigenvalue weighted by molar-refractivity contribution is 0.475. The number of benzene rings is 1. The topological polar surface area (TPSA) is 66.4 Å². The number of rotatable bonds is 2. The highest BCUT2D eigenvalue weighted by Gasteiger charge is 2.21. The van der Waals surface area contributed by atoms with Crippen LogP contribution >= 0.6 is 0 Å². The van der Waals surface area contributed by atoms with Gasteiger partial charge < -0.3 is 5.32 Å². The van der Waals surface area contributed by atoms with E-state index in [1.165, 1.54) is 24.0 Å². The Morgan fingerprint density at radius 1 is 1.33 bits per heavy atom. The number of hydrogen-bond donors (Lipinski definition) is 2. The average Bonchev–Trinajstić information content (AvgIpc) is 2.59. The van der Waals surface area contributed by atoms with Gasteiger partial charge in [-0.1, -0.05) is 38.1 Å². The fourth-order valence-corrected chi connectivity index (χ4v) is 2.13. The first-order valence-electron chi connectivity index (χ1n) is 6.03. The fraction of sp³-hybridized carbons (Fsp3) is 0.538. The molecule has 0 saturated carbocycles. The summed E-state index contributed by atoms with van der Waals surface area (Å²) in [5, 5.41) is 3.60. The van der Waals surface area contributed by atoms with Crippen LogP contribution < -0.4 is 5.32 Å². The Hall–Kier alpha value is -0.910. The number of fused-ring (bicyclic) bond motifs is 1. The minimum Gasteiger partial charge on any atom is -0.308 e. The molecule has 1 aromatic carbocycles. The second-order valence-corrected chi connectivity index (χ2v) is 6.31. The smallest absolute Gasteiger partial charge is 0.261 e. The molecule has 4 nitrogen and oxygen atoms in total. The van der Waals surface area contributed by atoms with Crippen molar-refractivity contribution >= 4 is 10.1 Å². The molecule has 1 aliphatic rings. The zero-order valence-corrected chi connectivity index (χ0v) is 11.9. The average molecular weight is 271 g/mol. The van der Waals surface area contributed by atoms with Crippen molar-refractivity contribution in [2.75, 3.05) is 6.26 Å². The van der Waals surface area contributed by atoms with E-state index in [0.717, 1.165) is 0 Å². The van der Waals surface area contributed by atoms with E-state index in [2.05, 4.69) is 43.4 Å². The number of nitrogens with one attached hydrogen (secondary N) is 1. The summed E-state index contributed by atoms with van der Waals surface area (Å²) in [7, 11) is -3.67. The molecule has 18 heavy (non-hydrogen) atoms. The molecular formula is C13H21NO3S. The van der Waals surface area contributed by atoms with Gasteiger partial charge in [0.2, 0.25) is 0 Å². The Morgan fingerprint density at radius 3 is 2.44 bits per heavy atom. The van der Waals surface area contributed by atoms with Crippen molar-refractivity contribution in [2.45, 2.75) is 38.8 Å². The van der Waals surface area contributed by atoms with Crippen molar-refractivity contribution in [2.24, 2.45) is 0 Å². The van der Waals surface area contributed by atoms with Crippen LogP contribution in [0.25, 0.3) is 0 Å². The van der Waals surface area contributed by atoms with Gasteiger partial charge in [-0.05, 0) is 24.0 Å². The summed E-state index contributed by atoms with van der Waals surface area (Å²) in [4.78, 5) is 0. The van der Waals surface area contributed by atoms with Gasteiger partial charge in [-0.15, -0.1) is 0 Å². The van der Waals surface area contributed by atoms with Crippen molar-refractivity contribution in [1.82, 2.24) is 5.32 Å². The lowest BCUT2D eigenvalue weighted by Gasteiger charge is -2.16. The van der Waals surface area contributed by atoms with Crippen LogP contribution in [0.3, 0.4) is 0 Å². The van der Waals surface area contributed by atoms with E-state index < -0.39 is 10.1 Å². The molecule has 0 amide bonds. The maximum absolute atomic E-state index is 9.19. The Kier molecular flexibility index (Phi) is 5.31. The van der Waals surface area contributed by atoms with Crippen molar-refractivity contribution in [3.63, 3.8) is 0 Å². The molecule has 0 fully saturated rings. The standard InChI is InChI=1S/C12H17N.CH4O3S/c1-9(2)13-12-8-7-10-5-3-4-6-11(10)12;1-5(2,3)4/h3-6,9,12-13H,7-8H2,1-2H3;1H3,(H,2,3,4)/t12-;/m1./s1. The van der Waals surface area contributed by atoms with Gasteiger partial charge in [0.05, 0.1) is 6.26 Å². The van der Waals surface area contributed by atoms with Crippen LogP contribution in [-0.2, 0) is 16.5 Å². The van der Waals surface area contributed by atoms with Gasteiger partial charge in [-0.25, -0.2) is 0 Å². The molecular weight excluding hydrogens is 250 g/mol. The van der Waals surface area contributed by atoms with E-state index in [0.29, 0.717) is 18.3 Å². The van der Waals surface area contributed by atoms with Crippen LogP contribution in [0.4, 0.5) is 0 Å². The predicted molar refractivity (Wildman–Crippen MR) is 73.2 cm³/mol. The van der Waals surface area contributed by atoms with Gasteiger partial charge >= 0.3 is 0 Å². The van der Waals surface area contributed by atoms with E-state index in [1.807, 2.05) is 0 Å². The van der Waals surface area contributed by atoms with Crippen LogP contribution in [0.5, 0.6) is 0 Å². The van der Waals surface area contributed by atoms with Crippen LogP contribution in [0.2, 0.25) is 0 Å². The first kappa shape index (κ1) is 15.1. The van der Waals surface area contributed by atoms with E-state index in [4.69, 9.17) is 4.55 Å². The van der Waals surface area contributed by atoms with Gasteiger partial charge in [0.1, 0.15) is 0 Å². The third-order valence-electron chi connectivity index (χ3n) is 2.67. The Bertz CT molecular complexity index is 475. The normalized spacial score (nSPS) is 18.2. The maximum Gasteiger partial charge on any atom is 0.261 e. The molecule has 0 aromatic heterocycles. The summed E-state index contributed by atoms with van der Waals surface area (Å²) >= 11 is 0. The molecule has 0 aliphatic heterocycles. The SMILES string of the molecule is CC(C)N[C@@H]1CCc2ccccc21.CS(=O)(=O)O. The summed E-state index contributed by atoms with van der Waals surface area (Å²) in [6.07, 6.45) is 3.21. The molecule has 0 bridgehead atoms. The molecule has 0 saturated heterocycles. The Morgan fingerprint density at radius 2 is 1.89 bits per heavy atom. The van der Waals surface area contributed by atoms with Crippen LogP contribution in [0.1, 0.15) is 37.4 Å². The first-order chi connectivity index (χ1) is 8.27. The molecule has 0 radical (unpaired) electrons. The molecule has 0 unspecified atom stereocenters. The summed E-state index contributed by atoms with van der Waals surface area (Å²) in [5.41, 5.74) is 3.04. The van der Waals surface area contributed by atoms with E-state index in [1.54, 1.807) is 0 Å². The largest absolute Gasteiger partial charge is 0.308 e. The van der Waals surface area contributed by atoms with Crippen molar-refractivity contribution in [1.29, 1.82) is 0 Å². The van der Waals surface area contributed by atoms with Crippen LogP contribution in [-0.4, -0.2) is 25.3 Å². The predicted octanol–water partition coefficient (Wildman–Crippen LogP) is 2.18. The van der Waals surface area contributed by atoms with E-state index in [9.17, 15) is 8.42 Å². The van der Waals surface area contributed by atoms with Gasteiger partial charge in [0.15, 0.2) is 0 Å². The molecule has 0 heterocycles. The first-order valence-corrected chi connectivity index (χ1v) is 7.88. The van der Waals surface area contributed by atoms with E-state index >= 15 is 0 Å². The molecule has 2 rings (SSSR count). The zero-order valence-electron chi connectivity index (χ0n) is 11.1. The molecule has 2 N–H and O–H groups in total. The Labute approximate surface area is 109 Å². The minimum atomic E-state index is -3.67. The van der Waals surface area contributed by atoms with Crippen molar-refractivity contribution in [3.8, 4) is 0 Å². The number of hydrogen-bond acceptors (Lipinski definition) is 3. The summed E-state index contributed by atoms with van der Waals surface area (Å²) in [6, 6.07) is 9.95. The monoisotopic (exact) mass is 271 g/mol. The van der Waals surface area contributed by atoms with Gasteiger partial charge in [-0.3, -0.25) is 4.55 Å². The maximum atomic E-state index is 9.19. The van der Waals surface area contributed by atoms with Crippen LogP contribution in [0.15, 0.2) is 24.3 Å². The molecule has 5 heteroatoms. The second-order valence-electron chi connectivity index (χ2n) is 4.84. The lowest BCUT2D eigenvalue weighted by atomic mass is 10.1. The van der Waals surface area contributed by atoms with Gasteiger partial charge in [0.25, 0.3) is 10.1 Å². The number of aryl methyl sites for hydroxylation is 1. The fourth-order valence-electron chi connectivity index (χ4n) is 2.13. The molecule has 1 atom stereocenters. The third-order valence-corrected chi connectivity index (χ3v) is 2.67. The van der Waals surface area contributed by atoms with Crippen molar-refractivity contribution in [3.05, 3.63) is 35.4 Å². The van der Waals surface area contributed by atoms with Crippen LogP contribution in [0, 0.1) is 0 Å². The minimum absolute atomic E-state index is 0.580. The second kappa shape index (κ2) is 6.31. The molecule has 102 valence electrons. The summed E-state index contributed by atoms with van der Waals surface area (Å²) in [6.45, 7) is 4.42. The highest BCUT2D eigenvalue weighted by Crippen LogP contribution is 2.30. The lowest BCUT2D eigenvalue weighted by Crippen LogP contribution is -2.26. The molecule has 1 aromatic rings. The van der Waals surface area contributed by atoms with Gasteiger partial charge in [0, 0.05) is 12.1 Å². The molecule has 1 aliphatic carbocycles. The van der Waals surface area contributed by atoms with E-state index in [-0.39, 0.29) is 0 Å². The zero-order chi connectivity index (χ0) is 13.8. The highest BCUT2D eigenvalue weighted by molar-refractivity contribution is 7.85. The Balaban J connectivity index is 0.000000280. The van der Waals surface area contributed by atoms with Crippen molar-refractivity contribution < 1.29 is 13.0 Å². The summed E-state index contributed by atoms with van der Waals surface area (Å²) in [5.74, 6) is 0. The molecule has 0 spiro atoms. The summed E-state index contributed by atoms with van der Waals surface area (Å²) < 4.78 is 25.9. The quantitative estimate of drug-likeness (QED) is 0.809. The highest BCUT2D eigenvalue weighted by atomic mass is 32.2.